The van der Waals surface area contributed by atoms with Crippen molar-refractivity contribution in [3.05, 3.63) is 65.4 Å². The zero-order chi connectivity index (χ0) is 21.8. The summed E-state index contributed by atoms with van der Waals surface area (Å²) in [6, 6.07) is 16.6. The molecule has 1 fully saturated rings. The first-order chi connectivity index (χ1) is 14.9. The number of para-hydroxylation sites is 1. The van der Waals surface area contributed by atoms with Crippen LogP contribution in [0.5, 0.6) is 0 Å². The fourth-order valence-corrected chi connectivity index (χ4v) is 6.39. The fraction of sp³-hybridized carbons (Fsp3) is 0.261. The largest absolute Gasteiger partial charge is 0.367 e. The molecule has 5 rings (SSSR count). The molecule has 0 radical (unpaired) electrons. The molecule has 1 atom stereocenters. The Labute approximate surface area is 186 Å². The summed E-state index contributed by atoms with van der Waals surface area (Å²) in [4.78, 5) is 7.19. The average Bonchev–Trinajstić information content (AvgIpc) is 3.10. The molecule has 160 valence electrons. The first-order valence-corrected chi connectivity index (χ1v) is 12.1. The third-order valence-corrected chi connectivity index (χ3v) is 8.02. The standard InChI is InChI=1S/C23H23ClN4O2S/c1-15-14-27(13-12-25-15)20-9-5-10-21-23(20)26-16(2)28(21)31(29,30)22-11-4-6-17-18(22)7-3-8-19(17)24/h3-11,15,25H,12-14H2,1-2H3/t15-/m1/s1. The van der Waals surface area contributed by atoms with Gasteiger partial charge in [-0.15, -0.1) is 0 Å². The summed E-state index contributed by atoms with van der Waals surface area (Å²) in [6.45, 7) is 6.46. The molecule has 0 saturated carbocycles. The van der Waals surface area contributed by atoms with Gasteiger partial charge in [0.2, 0.25) is 0 Å². The highest BCUT2D eigenvalue weighted by Crippen LogP contribution is 2.34. The normalized spacial score (nSPS) is 17.5. The molecule has 1 aliphatic rings. The molecule has 1 aromatic heterocycles. The molecule has 1 N–H and O–H groups in total. The molecule has 31 heavy (non-hydrogen) atoms. The van der Waals surface area contributed by atoms with Crippen LogP contribution in [0.2, 0.25) is 5.02 Å². The number of anilines is 1. The SMILES string of the molecule is Cc1nc2c(N3CCN[C@H](C)C3)cccc2n1S(=O)(=O)c1cccc2c(Cl)cccc12. The predicted molar refractivity (Wildman–Crippen MR) is 126 cm³/mol. The second-order valence-electron chi connectivity index (χ2n) is 7.97. The highest BCUT2D eigenvalue weighted by molar-refractivity contribution is 7.90. The maximum Gasteiger partial charge on any atom is 0.270 e. The van der Waals surface area contributed by atoms with Gasteiger partial charge in [-0.25, -0.2) is 17.4 Å². The van der Waals surface area contributed by atoms with Gasteiger partial charge < -0.3 is 10.2 Å². The monoisotopic (exact) mass is 454 g/mol. The third kappa shape index (κ3) is 3.28. The number of halogens is 1. The van der Waals surface area contributed by atoms with Crippen molar-refractivity contribution in [3.63, 3.8) is 0 Å². The highest BCUT2D eigenvalue weighted by atomic mass is 35.5. The molecule has 0 spiro atoms. The molecular formula is C23H23ClN4O2S. The van der Waals surface area contributed by atoms with E-state index in [2.05, 4.69) is 17.1 Å². The van der Waals surface area contributed by atoms with E-state index in [0.717, 1.165) is 25.3 Å². The van der Waals surface area contributed by atoms with Crippen LogP contribution in [0, 0.1) is 6.92 Å². The minimum absolute atomic E-state index is 0.219. The van der Waals surface area contributed by atoms with Gasteiger partial charge in [0, 0.05) is 41.5 Å². The van der Waals surface area contributed by atoms with Crippen molar-refractivity contribution in [1.29, 1.82) is 0 Å². The third-order valence-electron chi connectivity index (χ3n) is 5.84. The first kappa shape index (κ1) is 20.3. The summed E-state index contributed by atoms with van der Waals surface area (Å²) in [5.41, 5.74) is 2.25. The lowest BCUT2D eigenvalue weighted by atomic mass is 10.1. The van der Waals surface area contributed by atoms with Gasteiger partial charge in [0.05, 0.1) is 16.1 Å². The second-order valence-corrected chi connectivity index (χ2v) is 10.1. The number of imidazole rings is 1. The first-order valence-electron chi connectivity index (χ1n) is 10.3. The molecule has 1 saturated heterocycles. The number of aromatic nitrogens is 2. The minimum Gasteiger partial charge on any atom is -0.367 e. The summed E-state index contributed by atoms with van der Waals surface area (Å²) >= 11 is 6.32. The maximum absolute atomic E-state index is 13.9. The Balaban J connectivity index is 1.72. The molecular weight excluding hydrogens is 432 g/mol. The number of nitrogens with one attached hydrogen (secondary N) is 1. The van der Waals surface area contributed by atoms with Gasteiger partial charge >= 0.3 is 0 Å². The van der Waals surface area contributed by atoms with Gasteiger partial charge in [-0.2, -0.15) is 0 Å². The Morgan fingerprint density at radius 1 is 1.06 bits per heavy atom. The van der Waals surface area contributed by atoms with Crippen LogP contribution >= 0.6 is 11.6 Å². The summed E-state index contributed by atoms with van der Waals surface area (Å²) in [7, 11) is -3.89. The highest BCUT2D eigenvalue weighted by Gasteiger charge is 2.27. The summed E-state index contributed by atoms with van der Waals surface area (Å²) in [5.74, 6) is 0.435. The number of hydrogen-bond donors (Lipinski definition) is 1. The van der Waals surface area contributed by atoms with Gasteiger partial charge in [0.15, 0.2) is 0 Å². The Morgan fingerprint density at radius 2 is 1.81 bits per heavy atom. The fourth-order valence-electron chi connectivity index (χ4n) is 4.46. The number of fused-ring (bicyclic) bond motifs is 2. The molecule has 8 heteroatoms. The summed E-state index contributed by atoms with van der Waals surface area (Å²) in [5, 5.41) is 5.28. The van der Waals surface area contributed by atoms with Crippen molar-refractivity contribution in [1.82, 2.24) is 14.3 Å². The van der Waals surface area contributed by atoms with Crippen molar-refractivity contribution >= 4 is 49.1 Å². The van der Waals surface area contributed by atoms with E-state index < -0.39 is 10.0 Å². The van der Waals surface area contributed by atoms with Crippen LogP contribution in [0.3, 0.4) is 0 Å². The maximum atomic E-state index is 13.9. The van der Waals surface area contributed by atoms with Crippen LogP contribution in [0.4, 0.5) is 5.69 Å². The van der Waals surface area contributed by atoms with Crippen LogP contribution in [0.1, 0.15) is 12.7 Å². The smallest absolute Gasteiger partial charge is 0.270 e. The molecule has 2 heterocycles. The van der Waals surface area contributed by atoms with E-state index in [-0.39, 0.29) is 4.90 Å². The second kappa shape index (κ2) is 7.51. The molecule has 0 unspecified atom stereocenters. The van der Waals surface area contributed by atoms with Crippen LogP contribution in [-0.4, -0.2) is 43.1 Å². The van der Waals surface area contributed by atoms with Gasteiger partial charge in [-0.05, 0) is 38.1 Å². The number of piperazine rings is 1. The summed E-state index contributed by atoms with van der Waals surface area (Å²) < 4.78 is 29.1. The number of nitrogens with zero attached hydrogens (tertiary/aromatic N) is 3. The zero-order valence-corrected chi connectivity index (χ0v) is 18.9. The Kier molecular flexibility index (Phi) is 4.92. The quantitative estimate of drug-likeness (QED) is 0.503. The topological polar surface area (TPSA) is 67.2 Å². The van der Waals surface area contributed by atoms with Crippen molar-refractivity contribution in [2.24, 2.45) is 0 Å². The minimum atomic E-state index is -3.89. The lowest BCUT2D eigenvalue weighted by molar-refractivity contribution is 0.485. The lowest BCUT2D eigenvalue weighted by Gasteiger charge is -2.33. The van der Waals surface area contributed by atoms with Crippen molar-refractivity contribution in [3.8, 4) is 0 Å². The van der Waals surface area contributed by atoms with E-state index in [1.165, 1.54) is 3.97 Å². The van der Waals surface area contributed by atoms with Crippen molar-refractivity contribution in [2.75, 3.05) is 24.5 Å². The van der Waals surface area contributed by atoms with Crippen LogP contribution in [-0.2, 0) is 10.0 Å². The van der Waals surface area contributed by atoms with E-state index in [1.54, 1.807) is 37.3 Å². The lowest BCUT2D eigenvalue weighted by Crippen LogP contribution is -2.49. The van der Waals surface area contributed by atoms with Gasteiger partial charge in [-0.1, -0.05) is 41.9 Å². The van der Waals surface area contributed by atoms with Crippen molar-refractivity contribution < 1.29 is 8.42 Å². The predicted octanol–water partition coefficient (Wildman–Crippen LogP) is 4.19. The van der Waals surface area contributed by atoms with Crippen LogP contribution in [0.25, 0.3) is 21.8 Å². The molecule has 3 aromatic carbocycles. The number of aryl methyl sites for hydroxylation is 1. The number of benzene rings is 3. The van der Waals surface area contributed by atoms with Gasteiger partial charge in [0.25, 0.3) is 10.0 Å². The van der Waals surface area contributed by atoms with E-state index in [0.29, 0.717) is 38.7 Å². The van der Waals surface area contributed by atoms with Crippen molar-refractivity contribution in [2.45, 2.75) is 24.8 Å². The zero-order valence-electron chi connectivity index (χ0n) is 17.3. The molecule has 0 amide bonds. The molecule has 0 bridgehead atoms. The van der Waals surface area contributed by atoms with Gasteiger partial charge in [0.1, 0.15) is 11.3 Å². The molecule has 0 aliphatic carbocycles. The van der Waals surface area contributed by atoms with E-state index in [9.17, 15) is 8.42 Å². The average molecular weight is 455 g/mol. The van der Waals surface area contributed by atoms with E-state index >= 15 is 0 Å². The Morgan fingerprint density at radius 3 is 2.61 bits per heavy atom. The van der Waals surface area contributed by atoms with E-state index in [4.69, 9.17) is 16.6 Å². The van der Waals surface area contributed by atoms with Crippen LogP contribution in [0.15, 0.2) is 59.5 Å². The van der Waals surface area contributed by atoms with Crippen LogP contribution < -0.4 is 10.2 Å². The number of hydrogen-bond acceptors (Lipinski definition) is 5. The number of rotatable bonds is 3. The summed E-state index contributed by atoms with van der Waals surface area (Å²) in [6.07, 6.45) is 0. The molecule has 6 nitrogen and oxygen atoms in total. The molecule has 4 aromatic rings. The Bertz CT molecular complexity index is 1410. The molecule has 1 aliphatic heterocycles. The van der Waals surface area contributed by atoms with E-state index in [1.807, 2.05) is 24.3 Å². The van der Waals surface area contributed by atoms with Gasteiger partial charge in [-0.3, -0.25) is 0 Å². The Hall–Kier alpha value is -2.61.